The number of hydrogen-bond acceptors (Lipinski definition) is 1. The van der Waals surface area contributed by atoms with Crippen LogP contribution in [0.25, 0.3) is 5.69 Å². The molecule has 2 aromatic rings. The van der Waals surface area contributed by atoms with Gasteiger partial charge in [0.15, 0.2) is 0 Å². The summed E-state index contributed by atoms with van der Waals surface area (Å²) in [4.78, 5) is 0. The predicted octanol–water partition coefficient (Wildman–Crippen LogP) is 3.14. The van der Waals surface area contributed by atoms with Crippen LogP contribution in [0.2, 0.25) is 5.02 Å². The minimum absolute atomic E-state index is 0.658. The maximum Gasteiger partial charge on any atom is 0.0790 e. The SMILES string of the molecule is Cc1ccc(C)c(-n2cc(Cl)cn2)c1. The molecule has 1 aromatic carbocycles. The van der Waals surface area contributed by atoms with E-state index in [1.807, 2.05) is 6.20 Å². The molecule has 0 aliphatic heterocycles. The van der Waals surface area contributed by atoms with Crippen LogP contribution in [0.5, 0.6) is 0 Å². The van der Waals surface area contributed by atoms with Crippen LogP contribution in [0, 0.1) is 13.8 Å². The van der Waals surface area contributed by atoms with Gasteiger partial charge in [0.1, 0.15) is 0 Å². The first-order valence-corrected chi connectivity index (χ1v) is 4.82. The van der Waals surface area contributed by atoms with Crippen molar-refractivity contribution in [2.45, 2.75) is 13.8 Å². The number of hydrogen-bond donors (Lipinski definition) is 0. The molecule has 0 N–H and O–H groups in total. The molecule has 0 bridgehead atoms. The summed E-state index contributed by atoms with van der Waals surface area (Å²) in [7, 11) is 0. The lowest BCUT2D eigenvalue weighted by molar-refractivity contribution is 0.871. The standard InChI is InChI=1S/C11H11ClN2/c1-8-3-4-9(2)11(5-8)14-7-10(12)6-13-14/h3-7H,1-2H3. The molecule has 1 aromatic heterocycles. The number of benzene rings is 1. The van der Waals surface area contributed by atoms with Crippen molar-refractivity contribution in [1.82, 2.24) is 9.78 Å². The number of halogens is 1. The monoisotopic (exact) mass is 206 g/mol. The molecular weight excluding hydrogens is 196 g/mol. The molecule has 2 nitrogen and oxygen atoms in total. The number of aryl methyl sites for hydroxylation is 2. The molecule has 0 amide bonds. The first-order chi connectivity index (χ1) is 6.66. The molecule has 72 valence electrons. The smallest absolute Gasteiger partial charge is 0.0790 e. The second kappa shape index (κ2) is 3.46. The van der Waals surface area contributed by atoms with Crippen molar-refractivity contribution in [3.63, 3.8) is 0 Å². The van der Waals surface area contributed by atoms with Gasteiger partial charge in [0, 0.05) is 6.20 Å². The Morgan fingerprint density at radius 1 is 1.29 bits per heavy atom. The van der Waals surface area contributed by atoms with Gasteiger partial charge in [-0.1, -0.05) is 23.7 Å². The van der Waals surface area contributed by atoms with Gasteiger partial charge in [-0.25, -0.2) is 4.68 Å². The molecule has 0 saturated heterocycles. The van der Waals surface area contributed by atoms with Crippen molar-refractivity contribution in [1.29, 1.82) is 0 Å². The Morgan fingerprint density at radius 2 is 2.07 bits per heavy atom. The van der Waals surface area contributed by atoms with E-state index in [0.717, 1.165) is 5.69 Å². The van der Waals surface area contributed by atoms with Crippen LogP contribution in [0.1, 0.15) is 11.1 Å². The van der Waals surface area contributed by atoms with Gasteiger partial charge < -0.3 is 0 Å². The van der Waals surface area contributed by atoms with Gasteiger partial charge in [-0.2, -0.15) is 5.10 Å². The molecule has 1 heterocycles. The Balaban J connectivity index is 2.55. The predicted molar refractivity (Wildman–Crippen MR) is 58.0 cm³/mol. The minimum Gasteiger partial charge on any atom is -0.239 e. The van der Waals surface area contributed by atoms with Crippen molar-refractivity contribution >= 4 is 11.6 Å². The van der Waals surface area contributed by atoms with Crippen LogP contribution in [0.15, 0.2) is 30.6 Å². The number of nitrogens with zero attached hydrogens (tertiary/aromatic N) is 2. The van der Waals surface area contributed by atoms with E-state index >= 15 is 0 Å². The zero-order chi connectivity index (χ0) is 10.1. The first-order valence-electron chi connectivity index (χ1n) is 4.44. The van der Waals surface area contributed by atoms with Crippen molar-refractivity contribution in [3.05, 3.63) is 46.7 Å². The highest BCUT2D eigenvalue weighted by Gasteiger charge is 2.02. The van der Waals surface area contributed by atoms with Gasteiger partial charge in [0.25, 0.3) is 0 Å². The lowest BCUT2D eigenvalue weighted by Gasteiger charge is -2.06. The summed E-state index contributed by atoms with van der Waals surface area (Å²) in [6.07, 6.45) is 3.45. The van der Waals surface area contributed by atoms with Crippen molar-refractivity contribution < 1.29 is 0 Å². The largest absolute Gasteiger partial charge is 0.239 e. The van der Waals surface area contributed by atoms with Crippen molar-refractivity contribution in [3.8, 4) is 5.69 Å². The molecular formula is C11H11ClN2. The van der Waals surface area contributed by atoms with E-state index in [4.69, 9.17) is 11.6 Å². The molecule has 0 spiro atoms. The molecule has 14 heavy (non-hydrogen) atoms. The third-order valence-corrected chi connectivity index (χ3v) is 2.36. The Hall–Kier alpha value is -1.28. The fourth-order valence-electron chi connectivity index (χ4n) is 1.40. The van der Waals surface area contributed by atoms with Crippen LogP contribution in [-0.4, -0.2) is 9.78 Å². The Labute approximate surface area is 88.1 Å². The fraction of sp³-hybridized carbons (Fsp3) is 0.182. The highest BCUT2D eigenvalue weighted by molar-refractivity contribution is 6.30. The summed E-state index contributed by atoms with van der Waals surface area (Å²) in [6, 6.07) is 6.27. The van der Waals surface area contributed by atoms with Crippen LogP contribution in [0.3, 0.4) is 0 Å². The Morgan fingerprint density at radius 3 is 2.71 bits per heavy atom. The normalized spacial score (nSPS) is 10.5. The maximum atomic E-state index is 5.82. The molecule has 0 unspecified atom stereocenters. The summed E-state index contributed by atoms with van der Waals surface area (Å²) in [5.74, 6) is 0. The molecule has 0 aliphatic carbocycles. The molecule has 3 heteroatoms. The van der Waals surface area contributed by atoms with Crippen molar-refractivity contribution in [2.75, 3.05) is 0 Å². The van der Waals surface area contributed by atoms with E-state index in [9.17, 15) is 0 Å². The van der Waals surface area contributed by atoms with Crippen LogP contribution < -0.4 is 0 Å². The first kappa shape index (κ1) is 9.28. The average molecular weight is 207 g/mol. The van der Waals surface area contributed by atoms with E-state index in [1.54, 1.807) is 10.9 Å². The summed E-state index contributed by atoms with van der Waals surface area (Å²) in [6.45, 7) is 4.12. The Kier molecular flexibility index (Phi) is 2.30. The lowest BCUT2D eigenvalue weighted by atomic mass is 10.1. The van der Waals surface area contributed by atoms with E-state index in [1.165, 1.54) is 11.1 Å². The molecule has 0 saturated carbocycles. The second-order valence-electron chi connectivity index (χ2n) is 3.39. The fourth-order valence-corrected chi connectivity index (χ4v) is 1.53. The zero-order valence-electron chi connectivity index (χ0n) is 8.16. The van der Waals surface area contributed by atoms with Gasteiger partial charge in [0.05, 0.1) is 16.9 Å². The minimum atomic E-state index is 0.658. The van der Waals surface area contributed by atoms with Crippen LogP contribution in [-0.2, 0) is 0 Å². The summed E-state index contributed by atoms with van der Waals surface area (Å²) < 4.78 is 1.80. The highest BCUT2D eigenvalue weighted by atomic mass is 35.5. The van der Waals surface area contributed by atoms with E-state index < -0.39 is 0 Å². The number of rotatable bonds is 1. The van der Waals surface area contributed by atoms with Gasteiger partial charge in [-0.3, -0.25) is 0 Å². The van der Waals surface area contributed by atoms with Crippen LogP contribution >= 0.6 is 11.6 Å². The quantitative estimate of drug-likeness (QED) is 0.701. The second-order valence-corrected chi connectivity index (χ2v) is 3.83. The van der Waals surface area contributed by atoms with Gasteiger partial charge >= 0.3 is 0 Å². The zero-order valence-corrected chi connectivity index (χ0v) is 8.92. The molecule has 0 radical (unpaired) electrons. The van der Waals surface area contributed by atoms with E-state index in [2.05, 4.69) is 37.1 Å². The van der Waals surface area contributed by atoms with E-state index in [-0.39, 0.29) is 0 Å². The Bertz CT molecular complexity index is 460. The van der Waals surface area contributed by atoms with Gasteiger partial charge in [-0.15, -0.1) is 0 Å². The summed E-state index contributed by atoms with van der Waals surface area (Å²) in [5.41, 5.74) is 3.49. The average Bonchev–Trinajstić information content (AvgIpc) is 2.56. The summed E-state index contributed by atoms with van der Waals surface area (Å²) in [5, 5.41) is 4.83. The lowest BCUT2D eigenvalue weighted by Crippen LogP contribution is -1.97. The highest BCUT2D eigenvalue weighted by Crippen LogP contribution is 2.17. The maximum absolute atomic E-state index is 5.82. The molecule has 0 atom stereocenters. The van der Waals surface area contributed by atoms with Crippen molar-refractivity contribution in [2.24, 2.45) is 0 Å². The molecule has 0 fully saturated rings. The molecule has 2 rings (SSSR count). The van der Waals surface area contributed by atoms with Gasteiger partial charge in [-0.05, 0) is 31.0 Å². The van der Waals surface area contributed by atoms with E-state index in [0.29, 0.717) is 5.02 Å². The van der Waals surface area contributed by atoms with Gasteiger partial charge in [0.2, 0.25) is 0 Å². The molecule has 0 aliphatic rings. The summed E-state index contributed by atoms with van der Waals surface area (Å²) >= 11 is 5.82. The number of aromatic nitrogens is 2. The van der Waals surface area contributed by atoms with Crippen LogP contribution in [0.4, 0.5) is 0 Å². The third-order valence-electron chi connectivity index (χ3n) is 2.16. The third kappa shape index (κ3) is 1.66. The topological polar surface area (TPSA) is 17.8 Å².